The Kier molecular flexibility index (Phi) is 4.47. The third-order valence-electron chi connectivity index (χ3n) is 2.01. The Balaban J connectivity index is 2.56. The molecule has 80 valence electrons. The lowest BCUT2D eigenvalue weighted by Crippen LogP contribution is -2.04. The minimum atomic E-state index is -0.436. The number of aldehydes is 1. The molecule has 0 saturated heterocycles. The van der Waals surface area contributed by atoms with Crippen LogP contribution in [0.25, 0.3) is 0 Å². The van der Waals surface area contributed by atoms with Gasteiger partial charge in [0.15, 0.2) is 0 Å². The van der Waals surface area contributed by atoms with Gasteiger partial charge in [-0.15, -0.1) is 0 Å². The molecule has 0 saturated carbocycles. The fourth-order valence-corrected chi connectivity index (χ4v) is 1.19. The molecule has 0 bridgehead atoms. The second kappa shape index (κ2) is 5.90. The molecule has 1 aromatic heterocycles. The van der Waals surface area contributed by atoms with E-state index in [0.717, 1.165) is 24.7 Å². The van der Waals surface area contributed by atoms with Gasteiger partial charge in [0.25, 0.3) is 0 Å². The Labute approximate surface area is 88.3 Å². The van der Waals surface area contributed by atoms with Crippen molar-refractivity contribution in [3.8, 4) is 0 Å². The van der Waals surface area contributed by atoms with Crippen LogP contribution < -0.4 is 0 Å². The number of hydrogen-bond acceptors (Lipinski definition) is 4. The van der Waals surface area contributed by atoms with Crippen molar-refractivity contribution >= 4 is 12.3 Å². The highest BCUT2D eigenvalue weighted by Gasteiger charge is 2.05. The normalized spacial score (nSPS) is 9.67. The number of nitrogens with zero attached hydrogens (tertiary/aromatic N) is 1. The lowest BCUT2D eigenvalue weighted by molar-refractivity contribution is -0.107. The van der Waals surface area contributed by atoms with Gasteiger partial charge in [0.1, 0.15) is 12.0 Å². The van der Waals surface area contributed by atoms with Crippen LogP contribution in [0.5, 0.6) is 0 Å². The summed E-state index contributed by atoms with van der Waals surface area (Å²) in [5.41, 5.74) is 1.32. The van der Waals surface area contributed by atoms with Gasteiger partial charge in [0, 0.05) is 12.6 Å². The third-order valence-corrected chi connectivity index (χ3v) is 2.01. The zero-order valence-electron chi connectivity index (χ0n) is 8.60. The van der Waals surface area contributed by atoms with Crippen LogP contribution in [0.15, 0.2) is 18.3 Å². The van der Waals surface area contributed by atoms with Crippen LogP contribution in [0.1, 0.15) is 28.9 Å². The molecule has 0 aliphatic heterocycles. The summed E-state index contributed by atoms with van der Waals surface area (Å²) in [6, 6.07) is 3.45. The average molecular weight is 207 g/mol. The molecule has 0 aliphatic rings. The quantitative estimate of drug-likeness (QED) is 0.416. The molecule has 1 heterocycles. The second-order valence-corrected chi connectivity index (χ2v) is 3.10. The second-order valence-electron chi connectivity index (χ2n) is 3.10. The molecule has 0 aromatic carbocycles. The van der Waals surface area contributed by atoms with Gasteiger partial charge in [-0.25, -0.2) is 9.78 Å². The topological polar surface area (TPSA) is 56.3 Å². The summed E-state index contributed by atoms with van der Waals surface area (Å²) in [5, 5.41) is 0. The lowest BCUT2D eigenvalue weighted by atomic mass is 10.1. The van der Waals surface area contributed by atoms with Gasteiger partial charge in [0.2, 0.25) is 0 Å². The lowest BCUT2D eigenvalue weighted by Gasteiger charge is -2.00. The van der Waals surface area contributed by atoms with E-state index in [0.29, 0.717) is 12.1 Å². The highest BCUT2D eigenvalue weighted by molar-refractivity contribution is 5.86. The van der Waals surface area contributed by atoms with E-state index in [-0.39, 0.29) is 0 Å². The molecule has 4 heteroatoms. The van der Waals surface area contributed by atoms with Crippen LogP contribution >= 0.6 is 0 Å². The minimum absolute atomic E-state index is 0.302. The summed E-state index contributed by atoms with van der Waals surface area (Å²) >= 11 is 0. The smallest absolute Gasteiger partial charge is 0.356 e. The van der Waals surface area contributed by atoms with Crippen LogP contribution in [-0.4, -0.2) is 24.3 Å². The summed E-state index contributed by atoms with van der Waals surface area (Å²) in [7, 11) is 1.32. The molecule has 0 N–H and O–H groups in total. The number of hydrogen-bond donors (Lipinski definition) is 0. The number of rotatable bonds is 5. The number of unbranched alkanes of at least 4 members (excludes halogenated alkanes) is 1. The molecule has 0 atom stereocenters. The van der Waals surface area contributed by atoms with Crippen LogP contribution in [-0.2, 0) is 16.0 Å². The van der Waals surface area contributed by atoms with Crippen molar-refractivity contribution in [1.82, 2.24) is 4.98 Å². The molecule has 15 heavy (non-hydrogen) atoms. The first-order valence-electron chi connectivity index (χ1n) is 4.75. The van der Waals surface area contributed by atoms with Gasteiger partial charge in [-0.05, 0) is 24.5 Å². The summed E-state index contributed by atoms with van der Waals surface area (Å²) in [4.78, 5) is 25.1. The number of pyridine rings is 1. The third kappa shape index (κ3) is 3.50. The zero-order valence-corrected chi connectivity index (χ0v) is 8.60. The standard InChI is InChI=1S/C11H13NO3/c1-15-11(14)10-6-5-9(8-12-10)4-2-3-7-13/h5-8H,2-4H2,1H3. The molecule has 0 unspecified atom stereocenters. The first-order valence-corrected chi connectivity index (χ1v) is 4.75. The highest BCUT2D eigenvalue weighted by Crippen LogP contribution is 2.05. The SMILES string of the molecule is COC(=O)c1ccc(CCCC=O)cn1. The van der Waals surface area contributed by atoms with Crippen molar-refractivity contribution in [3.63, 3.8) is 0 Å². The molecule has 0 aliphatic carbocycles. The Hall–Kier alpha value is -1.71. The predicted octanol–water partition coefficient (Wildman–Crippen LogP) is 1.39. The van der Waals surface area contributed by atoms with Crippen molar-refractivity contribution < 1.29 is 14.3 Å². The van der Waals surface area contributed by atoms with E-state index in [2.05, 4.69) is 9.72 Å². The predicted molar refractivity (Wildman–Crippen MR) is 54.6 cm³/mol. The maximum atomic E-state index is 11.1. The van der Waals surface area contributed by atoms with Gasteiger partial charge >= 0.3 is 5.97 Å². The van der Waals surface area contributed by atoms with E-state index < -0.39 is 5.97 Å². The molecule has 4 nitrogen and oxygen atoms in total. The van der Waals surface area contributed by atoms with Gasteiger partial charge in [-0.1, -0.05) is 6.07 Å². The number of esters is 1. The van der Waals surface area contributed by atoms with Crippen LogP contribution in [0.2, 0.25) is 0 Å². The molecule has 1 rings (SSSR count). The molecule has 0 radical (unpaired) electrons. The number of carbonyl (C=O) groups excluding carboxylic acids is 2. The average Bonchev–Trinajstić information content (AvgIpc) is 2.29. The van der Waals surface area contributed by atoms with E-state index in [1.165, 1.54) is 7.11 Å². The zero-order chi connectivity index (χ0) is 11.1. The number of ether oxygens (including phenoxy) is 1. The highest BCUT2D eigenvalue weighted by atomic mass is 16.5. The van der Waals surface area contributed by atoms with Crippen molar-refractivity contribution in [3.05, 3.63) is 29.6 Å². The van der Waals surface area contributed by atoms with E-state index in [9.17, 15) is 9.59 Å². The maximum absolute atomic E-state index is 11.1. The van der Waals surface area contributed by atoms with E-state index in [1.807, 2.05) is 6.07 Å². The maximum Gasteiger partial charge on any atom is 0.356 e. The molecule has 0 fully saturated rings. The van der Waals surface area contributed by atoms with E-state index >= 15 is 0 Å². The Morgan fingerprint density at radius 2 is 2.33 bits per heavy atom. The van der Waals surface area contributed by atoms with Gasteiger partial charge in [-0.3, -0.25) is 0 Å². The number of carbonyl (C=O) groups is 2. The Bertz CT molecular complexity index is 332. The number of aryl methyl sites for hydroxylation is 1. The first kappa shape index (κ1) is 11.4. The van der Waals surface area contributed by atoms with Gasteiger partial charge in [0.05, 0.1) is 7.11 Å². The van der Waals surface area contributed by atoms with Crippen LogP contribution in [0.4, 0.5) is 0 Å². The molecular weight excluding hydrogens is 194 g/mol. The van der Waals surface area contributed by atoms with Gasteiger partial charge in [-0.2, -0.15) is 0 Å². The molecule has 1 aromatic rings. The molecule has 0 amide bonds. The Morgan fingerprint density at radius 1 is 1.53 bits per heavy atom. The minimum Gasteiger partial charge on any atom is -0.464 e. The Morgan fingerprint density at radius 3 is 2.87 bits per heavy atom. The fraction of sp³-hybridized carbons (Fsp3) is 0.364. The number of aromatic nitrogens is 1. The summed E-state index contributed by atoms with van der Waals surface area (Å²) in [5.74, 6) is -0.436. The first-order chi connectivity index (χ1) is 7.27. The monoisotopic (exact) mass is 207 g/mol. The van der Waals surface area contributed by atoms with Crippen LogP contribution in [0.3, 0.4) is 0 Å². The van der Waals surface area contributed by atoms with E-state index in [1.54, 1.807) is 12.3 Å². The summed E-state index contributed by atoms with van der Waals surface area (Å²) in [6.45, 7) is 0. The van der Waals surface area contributed by atoms with Crippen LogP contribution in [0, 0.1) is 0 Å². The van der Waals surface area contributed by atoms with Crippen molar-refractivity contribution in [2.24, 2.45) is 0 Å². The summed E-state index contributed by atoms with van der Waals surface area (Å²) < 4.78 is 4.53. The van der Waals surface area contributed by atoms with Crippen molar-refractivity contribution in [2.45, 2.75) is 19.3 Å². The summed E-state index contributed by atoms with van der Waals surface area (Å²) in [6.07, 6.45) is 4.70. The molecule has 0 spiro atoms. The van der Waals surface area contributed by atoms with Crippen molar-refractivity contribution in [1.29, 1.82) is 0 Å². The fourth-order valence-electron chi connectivity index (χ4n) is 1.19. The van der Waals surface area contributed by atoms with Crippen molar-refractivity contribution in [2.75, 3.05) is 7.11 Å². The largest absolute Gasteiger partial charge is 0.464 e. The van der Waals surface area contributed by atoms with E-state index in [4.69, 9.17) is 0 Å². The molecular formula is C11H13NO3. The van der Waals surface area contributed by atoms with Gasteiger partial charge < -0.3 is 9.53 Å². The number of methoxy groups -OCH3 is 1.